The molecule has 3 aromatic rings. The number of sulfonamides is 1. The van der Waals surface area contributed by atoms with Crippen LogP contribution in [0.15, 0.2) is 71.6 Å². The number of carboxylic acids is 1. The SMILES string of the molecule is O=C(O)c1cc(NS(=O)(=O)c2ccc(F)cc2)ccc1N1CCN(c2ccc(F)cc2)CC1. The van der Waals surface area contributed by atoms with Crippen molar-refractivity contribution in [3.8, 4) is 0 Å². The lowest BCUT2D eigenvalue weighted by Crippen LogP contribution is -2.47. The molecule has 0 radical (unpaired) electrons. The summed E-state index contributed by atoms with van der Waals surface area (Å²) in [6.45, 7) is 2.31. The van der Waals surface area contributed by atoms with Crippen molar-refractivity contribution < 1.29 is 27.1 Å². The molecule has 0 atom stereocenters. The van der Waals surface area contributed by atoms with Gasteiger partial charge in [0.1, 0.15) is 11.6 Å². The van der Waals surface area contributed by atoms with E-state index in [2.05, 4.69) is 9.62 Å². The maximum absolute atomic E-state index is 13.2. The van der Waals surface area contributed by atoms with E-state index in [4.69, 9.17) is 0 Å². The van der Waals surface area contributed by atoms with Gasteiger partial charge in [-0.2, -0.15) is 0 Å². The Morgan fingerprint density at radius 3 is 1.94 bits per heavy atom. The molecule has 4 rings (SSSR count). The Hall–Kier alpha value is -3.66. The first-order valence-electron chi connectivity index (χ1n) is 10.1. The molecular formula is C23H21F2N3O4S. The Bertz CT molecular complexity index is 1260. The molecular weight excluding hydrogens is 452 g/mol. The first-order valence-corrected chi connectivity index (χ1v) is 11.6. The van der Waals surface area contributed by atoms with Gasteiger partial charge in [-0.25, -0.2) is 22.0 Å². The van der Waals surface area contributed by atoms with Crippen molar-refractivity contribution in [3.63, 3.8) is 0 Å². The molecule has 0 saturated carbocycles. The molecule has 0 bridgehead atoms. The van der Waals surface area contributed by atoms with Crippen molar-refractivity contribution in [2.75, 3.05) is 40.7 Å². The molecule has 0 aliphatic carbocycles. The second kappa shape index (κ2) is 9.07. The standard InChI is InChI=1S/C23H21F2N3O4S/c24-16-1-6-19(7-2-16)27-11-13-28(14-12-27)22-10-5-18(15-21(22)23(29)30)26-33(31,32)20-8-3-17(25)4-9-20/h1-10,15,26H,11-14H2,(H,29,30). The number of halogens is 2. The highest BCUT2D eigenvalue weighted by Crippen LogP contribution is 2.28. The summed E-state index contributed by atoms with van der Waals surface area (Å²) in [6.07, 6.45) is 0. The maximum atomic E-state index is 13.2. The number of aromatic carboxylic acids is 1. The summed E-state index contributed by atoms with van der Waals surface area (Å²) in [5.41, 5.74) is 1.42. The number of benzene rings is 3. The zero-order chi connectivity index (χ0) is 23.6. The number of anilines is 3. The predicted octanol–water partition coefficient (Wildman–Crippen LogP) is 3.79. The highest BCUT2D eigenvalue weighted by Gasteiger charge is 2.23. The van der Waals surface area contributed by atoms with Crippen LogP contribution in [0.3, 0.4) is 0 Å². The number of piperazine rings is 1. The zero-order valence-electron chi connectivity index (χ0n) is 17.4. The molecule has 3 aromatic carbocycles. The van der Waals surface area contributed by atoms with Crippen LogP contribution < -0.4 is 14.5 Å². The predicted molar refractivity (Wildman–Crippen MR) is 121 cm³/mol. The van der Waals surface area contributed by atoms with Crippen molar-refractivity contribution in [2.45, 2.75) is 4.90 Å². The summed E-state index contributed by atoms with van der Waals surface area (Å²) in [5, 5.41) is 9.73. The Kier molecular flexibility index (Phi) is 6.19. The van der Waals surface area contributed by atoms with Gasteiger partial charge in [-0.15, -0.1) is 0 Å². The first-order chi connectivity index (χ1) is 15.7. The fourth-order valence-electron chi connectivity index (χ4n) is 3.73. The monoisotopic (exact) mass is 473 g/mol. The molecule has 0 amide bonds. The Morgan fingerprint density at radius 1 is 0.818 bits per heavy atom. The van der Waals surface area contributed by atoms with E-state index in [1.54, 1.807) is 18.2 Å². The van der Waals surface area contributed by atoms with Gasteiger partial charge in [0, 0.05) is 37.6 Å². The third-order valence-corrected chi connectivity index (χ3v) is 6.81. The summed E-state index contributed by atoms with van der Waals surface area (Å²) in [6, 6.07) is 14.9. The number of carbonyl (C=O) groups is 1. The van der Waals surface area contributed by atoms with Gasteiger partial charge in [0.05, 0.1) is 16.1 Å². The van der Waals surface area contributed by atoms with Crippen LogP contribution in [-0.2, 0) is 10.0 Å². The molecule has 1 aliphatic rings. The first kappa shape index (κ1) is 22.5. The summed E-state index contributed by atoms with van der Waals surface area (Å²) in [5.74, 6) is -2.06. The van der Waals surface area contributed by atoms with Crippen molar-refractivity contribution in [1.29, 1.82) is 0 Å². The fraction of sp³-hybridized carbons (Fsp3) is 0.174. The molecule has 33 heavy (non-hydrogen) atoms. The van der Waals surface area contributed by atoms with E-state index in [0.29, 0.717) is 31.9 Å². The van der Waals surface area contributed by atoms with Gasteiger partial charge in [0.2, 0.25) is 0 Å². The number of nitrogens with zero attached hydrogens (tertiary/aromatic N) is 2. The van der Waals surface area contributed by atoms with Crippen LogP contribution in [-0.4, -0.2) is 45.7 Å². The molecule has 1 fully saturated rings. The second-order valence-corrected chi connectivity index (χ2v) is 9.23. The number of hydrogen-bond acceptors (Lipinski definition) is 5. The summed E-state index contributed by atoms with van der Waals surface area (Å²) in [7, 11) is -4.01. The van der Waals surface area contributed by atoms with Gasteiger partial charge in [0.15, 0.2) is 0 Å². The average Bonchev–Trinajstić information content (AvgIpc) is 2.80. The highest BCUT2D eigenvalue weighted by molar-refractivity contribution is 7.92. The van der Waals surface area contributed by atoms with Gasteiger partial charge in [-0.3, -0.25) is 4.72 Å². The van der Waals surface area contributed by atoms with Crippen LogP contribution in [0, 0.1) is 11.6 Å². The van der Waals surface area contributed by atoms with E-state index in [9.17, 15) is 27.1 Å². The molecule has 0 spiro atoms. The van der Waals surface area contributed by atoms with Crippen LogP contribution in [0.4, 0.5) is 25.8 Å². The number of carboxylic acid groups (broad SMARTS) is 1. The molecule has 1 heterocycles. The lowest BCUT2D eigenvalue weighted by Gasteiger charge is -2.38. The average molecular weight is 474 g/mol. The second-order valence-electron chi connectivity index (χ2n) is 7.55. The Labute approximate surface area is 189 Å². The van der Waals surface area contributed by atoms with E-state index >= 15 is 0 Å². The molecule has 172 valence electrons. The third kappa shape index (κ3) is 5.06. The molecule has 0 aromatic heterocycles. The Morgan fingerprint density at radius 2 is 1.36 bits per heavy atom. The van der Waals surface area contributed by atoms with Gasteiger partial charge in [-0.1, -0.05) is 0 Å². The largest absolute Gasteiger partial charge is 0.478 e. The smallest absolute Gasteiger partial charge is 0.337 e. The Balaban J connectivity index is 1.51. The topological polar surface area (TPSA) is 89.9 Å². The quantitative estimate of drug-likeness (QED) is 0.566. The van der Waals surface area contributed by atoms with Crippen molar-refractivity contribution in [3.05, 3.63) is 83.9 Å². The highest BCUT2D eigenvalue weighted by atomic mass is 32.2. The lowest BCUT2D eigenvalue weighted by atomic mass is 10.1. The summed E-state index contributed by atoms with van der Waals surface area (Å²) >= 11 is 0. The molecule has 2 N–H and O–H groups in total. The van der Waals surface area contributed by atoms with Crippen LogP contribution in [0.1, 0.15) is 10.4 Å². The minimum Gasteiger partial charge on any atom is -0.478 e. The van der Waals surface area contributed by atoms with Gasteiger partial charge in [-0.05, 0) is 66.7 Å². The zero-order valence-corrected chi connectivity index (χ0v) is 18.2. The van der Waals surface area contributed by atoms with Crippen LogP contribution in [0.2, 0.25) is 0 Å². The summed E-state index contributed by atoms with van der Waals surface area (Å²) in [4.78, 5) is 15.8. The van der Waals surface area contributed by atoms with Gasteiger partial charge < -0.3 is 14.9 Å². The third-order valence-electron chi connectivity index (χ3n) is 5.42. The number of nitrogens with one attached hydrogen (secondary N) is 1. The molecule has 7 nitrogen and oxygen atoms in total. The fourth-order valence-corrected chi connectivity index (χ4v) is 4.78. The van der Waals surface area contributed by atoms with E-state index in [1.165, 1.54) is 24.3 Å². The van der Waals surface area contributed by atoms with Crippen LogP contribution >= 0.6 is 0 Å². The van der Waals surface area contributed by atoms with Gasteiger partial charge >= 0.3 is 5.97 Å². The molecule has 1 aliphatic heterocycles. The lowest BCUT2D eigenvalue weighted by molar-refractivity contribution is 0.0697. The minimum atomic E-state index is -4.01. The molecule has 1 saturated heterocycles. The van der Waals surface area contributed by atoms with Crippen molar-refractivity contribution in [2.24, 2.45) is 0 Å². The van der Waals surface area contributed by atoms with E-state index in [0.717, 1.165) is 30.0 Å². The molecule has 10 heteroatoms. The van der Waals surface area contributed by atoms with E-state index < -0.39 is 21.8 Å². The summed E-state index contributed by atoms with van der Waals surface area (Å²) < 4.78 is 53.7. The maximum Gasteiger partial charge on any atom is 0.337 e. The normalized spacial score (nSPS) is 14.2. The van der Waals surface area contributed by atoms with E-state index in [1.807, 2.05) is 4.90 Å². The van der Waals surface area contributed by atoms with Crippen LogP contribution in [0.25, 0.3) is 0 Å². The number of rotatable bonds is 6. The molecule has 0 unspecified atom stereocenters. The van der Waals surface area contributed by atoms with Crippen molar-refractivity contribution in [1.82, 2.24) is 0 Å². The van der Waals surface area contributed by atoms with Gasteiger partial charge in [0.25, 0.3) is 10.0 Å². The number of hydrogen-bond donors (Lipinski definition) is 2. The van der Waals surface area contributed by atoms with E-state index in [-0.39, 0.29) is 22.0 Å². The minimum absolute atomic E-state index is 0.0375. The van der Waals surface area contributed by atoms with Crippen molar-refractivity contribution >= 4 is 33.1 Å². The van der Waals surface area contributed by atoms with Crippen LogP contribution in [0.5, 0.6) is 0 Å².